The predicted molar refractivity (Wildman–Crippen MR) is 81.1 cm³/mol. The average Bonchev–Trinajstić information content (AvgIpc) is 2.96. The van der Waals surface area contributed by atoms with E-state index in [1.165, 1.54) is 10.9 Å². The van der Waals surface area contributed by atoms with Crippen molar-refractivity contribution < 1.29 is 14.3 Å². The fourth-order valence-electron chi connectivity index (χ4n) is 1.73. The monoisotopic (exact) mass is 322 g/mol. The molecule has 0 atom stereocenters. The first-order chi connectivity index (χ1) is 10.6. The van der Waals surface area contributed by atoms with E-state index in [1.807, 2.05) is 12.1 Å². The number of rotatable bonds is 6. The topological polar surface area (TPSA) is 99.2 Å². The molecule has 0 saturated heterocycles. The van der Waals surface area contributed by atoms with Gasteiger partial charge in [-0.25, -0.2) is 14.3 Å². The minimum absolute atomic E-state index is 0.177. The fourth-order valence-corrected chi connectivity index (χ4v) is 1.95. The van der Waals surface area contributed by atoms with E-state index in [0.29, 0.717) is 29.2 Å². The molecule has 1 heterocycles. The molecule has 116 valence electrons. The second-order valence-electron chi connectivity index (χ2n) is 4.41. The molecule has 1 aromatic heterocycles. The molecule has 0 aliphatic carbocycles. The molecular weight excluding hydrogens is 308 g/mol. The second-order valence-corrected chi connectivity index (χ2v) is 4.81. The summed E-state index contributed by atoms with van der Waals surface area (Å²) in [6.45, 7) is 0.526. The van der Waals surface area contributed by atoms with Gasteiger partial charge in [0, 0.05) is 12.7 Å². The fraction of sp³-hybridized carbons (Fsp3) is 0.214. The van der Waals surface area contributed by atoms with Crippen LogP contribution in [0.2, 0.25) is 5.02 Å². The number of primary amides is 1. The minimum Gasteiger partial charge on any atom is -0.462 e. The molecule has 2 rings (SSSR count). The van der Waals surface area contributed by atoms with Gasteiger partial charge in [0.15, 0.2) is 0 Å². The maximum absolute atomic E-state index is 11.9. The number of aromatic nitrogens is 2. The van der Waals surface area contributed by atoms with Crippen LogP contribution in [0.5, 0.6) is 0 Å². The van der Waals surface area contributed by atoms with Gasteiger partial charge in [-0.1, -0.05) is 23.7 Å². The number of carbonyl (C=O) groups excluding carboxylic acids is 2. The summed E-state index contributed by atoms with van der Waals surface area (Å²) >= 11 is 6.07. The van der Waals surface area contributed by atoms with Crippen molar-refractivity contribution in [2.24, 2.45) is 5.73 Å². The van der Waals surface area contributed by atoms with Crippen molar-refractivity contribution in [1.82, 2.24) is 15.1 Å². The number of halogens is 1. The summed E-state index contributed by atoms with van der Waals surface area (Å²) in [7, 11) is 0. The third kappa shape index (κ3) is 4.23. The minimum atomic E-state index is -0.604. The number of carbonyl (C=O) groups is 2. The third-order valence-electron chi connectivity index (χ3n) is 2.77. The first kappa shape index (κ1) is 15.8. The van der Waals surface area contributed by atoms with Crippen molar-refractivity contribution in [2.45, 2.75) is 6.42 Å². The quantitative estimate of drug-likeness (QED) is 0.625. The smallest absolute Gasteiger partial charge is 0.341 e. The molecule has 0 fully saturated rings. The van der Waals surface area contributed by atoms with Gasteiger partial charge >= 0.3 is 12.0 Å². The normalized spacial score (nSPS) is 10.2. The van der Waals surface area contributed by atoms with Gasteiger partial charge in [0.05, 0.1) is 29.1 Å². The molecule has 0 radical (unpaired) electrons. The number of esters is 1. The van der Waals surface area contributed by atoms with Gasteiger partial charge < -0.3 is 15.8 Å². The molecule has 2 amide bonds. The molecule has 2 aromatic rings. The Morgan fingerprint density at radius 2 is 2.14 bits per heavy atom. The van der Waals surface area contributed by atoms with Crippen molar-refractivity contribution in [3.63, 3.8) is 0 Å². The maximum Gasteiger partial charge on any atom is 0.341 e. The van der Waals surface area contributed by atoms with Gasteiger partial charge in [0.2, 0.25) is 0 Å². The summed E-state index contributed by atoms with van der Waals surface area (Å²) in [5.41, 5.74) is 5.91. The molecule has 8 heteroatoms. The standard InChI is InChI=1S/C14H15ClN4O3/c15-11-4-1-2-5-12(11)19-9-10(8-18-19)13(20)22-7-3-6-17-14(16)21/h1-2,4-5,8-9H,3,6-7H2,(H3,16,17,21). The van der Waals surface area contributed by atoms with Gasteiger partial charge in [-0.15, -0.1) is 0 Å². The van der Waals surface area contributed by atoms with E-state index in [2.05, 4.69) is 10.4 Å². The second kappa shape index (κ2) is 7.46. The molecule has 0 saturated carbocycles. The van der Waals surface area contributed by atoms with Crippen molar-refractivity contribution in [1.29, 1.82) is 0 Å². The Labute approximate surface area is 132 Å². The highest BCUT2D eigenvalue weighted by molar-refractivity contribution is 6.32. The van der Waals surface area contributed by atoms with Crippen LogP contribution < -0.4 is 11.1 Å². The van der Waals surface area contributed by atoms with Crippen LogP contribution in [0.15, 0.2) is 36.7 Å². The van der Waals surface area contributed by atoms with Crippen molar-refractivity contribution in [2.75, 3.05) is 13.2 Å². The Hall–Kier alpha value is -2.54. The van der Waals surface area contributed by atoms with E-state index in [4.69, 9.17) is 22.1 Å². The van der Waals surface area contributed by atoms with Gasteiger partial charge in [0.1, 0.15) is 0 Å². The zero-order valence-corrected chi connectivity index (χ0v) is 12.4. The summed E-state index contributed by atoms with van der Waals surface area (Å²) in [6.07, 6.45) is 3.44. The van der Waals surface area contributed by atoms with E-state index < -0.39 is 12.0 Å². The van der Waals surface area contributed by atoms with E-state index in [-0.39, 0.29) is 6.61 Å². The molecular formula is C14H15ClN4O3. The summed E-state index contributed by atoms with van der Waals surface area (Å²) < 4.78 is 6.58. The lowest BCUT2D eigenvalue weighted by atomic mass is 10.3. The zero-order chi connectivity index (χ0) is 15.9. The number of hydrogen-bond acceptors (Lipinski definition) is 4. The Morgan fingerprint density at radius 3 is 2.86 bits per heavy atom. The first-order valence-corrected chi connectivity index (χ1v) is 6.95. The number of nitrogens with zero attached hydrogens (tertiary/aromatic N) is 2. The van der Waals surface area contributed by atoms with Crippen molar-refractivity contribution in [3.8, 4) is 5.69 Å². The number of nitrogens with two attached hydrogens (primary N) is 1. The number of hydrogen-bond donors (Lipinski definition) is 2. The van der Waals surface area contributed by atoms with Crippen molar-refractivity contribution >= 4 is 23.6 Å². The highest BCUT2D eigenvalue weighted by atomic mass is 35.5. The van der Waals surface area contributed by atoms with Crippen LogP contribution in [0.4, 0.5) is 4.79 Å². The van der Waals surface area contributed by atoms with E-state index in [9.17, 15) is 9.59 Å². The number of urea groups is 1. The molecule has 0 aliphatic heterocycles. The number of para-hydroxylation sites is 1. The average molecular weight is 323 g/mol. The van der Waals surface area contributed by atoms with E-state index in [1.54, 1.807) is 18.3 Å². The van der Waals surface area contributed by atoms with E-state index >= 15 is 0 Å². The molecule has 0 unspecified atom stereocenters. The largest absolute Gasteiger partial charge is 0.462 e. The lowest BCUT2D eigenvalue weighted by Gasteiger charge is -2.04. The molecule has 7 nitrogen and oxygen atoms in total. The number of benzene rings is 1. The van der Waals surface area contributed by atoms with Gasteiger partial charge in [-0.3, -0.25) is 0 Å². The molecule has 3 N–H and O–H groups in total. The molecule has 0 bridgehead atoms. The van der Waals surface area contributed by atoms with Crippen LogP contribution >= 0.6 is 11.6 Å². The number of amides is 2. The number of ether oxygens (including phenoxy) is 1. The summed E-state index contributed by atoms with van der Waals surface area (Å²) in [5.74, 6) is -0.489. The number of nitrogens with one attached hydrogen (secondary N) is 1. The summed E-state index contributed by atoms with van der Waals surface area (Å²) in [5, 5.41) is 7.03. The molecule has 1 aromatic carbocycles. The third-order valence-corrected chi connectivity index (χ3v) is 3.09. The first-order valence-electron chi connectivity index (χ1n) is 6.58. The summed E-state index contributed by atoms with van der Waals surface area (Å²) in [6, 6.07) is 6.56. The van der Waals surface area contributed by atoms with Crippen LogP contribution in [0.1, 0.15) is 16.8 Å². The lowest BCUT2D eigenvalue weighted by molar-refractivity contribution is 0.0501. The highest BCUT2D eigenvalue weighted by Crippen LogP contribution is 2.19. The van der Waals surface area contributed by atoms with Crippen LogP contribution in [-0.2, 0) is 4.74 Å². The van der Waals surface area contributed by atoms with Crippen LogP contribution in [0, 0.1) is 0 Å². The SMILES string of the molecule is NC(=O)NCCCOC(=O)c1cnn(-c2ccccc2Cl)c1. The maximum atomic E-state index is 11.9. The van der Waals surface area contributed by atoms with Crippen molar-refractivity contribution in [3.05, 3.63) is 47.2 Å². The van der Waals surface area contributed by atoms with E-state index in [0.717, 1.165) is 0 Å². The Bertz CT molecular complexity index is 672. The zero-order valence-electron chi connectivity index (χ0n) is 11.7. The van der Waals surface area contributed by atoms with Crippen LogP contribution in [-0.4, -0.2) is 34.9 Å². The summed E-state index contributed by atoms with van der Waals surface area (Å²) in [4.78, 5) is 22.3. The van der Waals surface area contributed by atoms with Crippen LogP contribution in [0.3, 0.4) is 0 Å². The Morgan fingerprint density at radius 1 is 1.36 bits per heavy atom. The Balaban J connectivity index is 1.90. The predicted octanol–water partition coefficient (Wildman–Crippen LogP) is 1.74. The van der Waals surface area contributed by atoms with Crippen LogP contribution in [0.25, 0.3) is 5.69 Å². The highest BCUT2D eigenvalue weighted by Gasteiger charge is 2.11. The van der Waals surface area contributed by atoms with Gasteiger partial charge in [0.25, 0.3) is 0 Å². The molecule has 0 aliphatic rings. The Kier molecular flexibility index (Phi) is 5.37. The molecule has 22 heavy (non-hydrogen) atoms. The van der Waals surface area contributed by atoms with Gasteiger partial charge in [-0.2, -0.15) is 5.10 Å². The van der Waals surface area contributed by atoms with Gasteiger partial charge in [-0.05, 0) is 18.6 Å². The molecule has 0 spiro atoms. The lowest BCUT2D eigenvalue weighted by Crippen LogP contribution is -2.30.